The highest BCUT2D eigenvalue weighted by Crippen LogP contribution is 2.23. The molecular weight excluding hydrogens is 304 g/mol. The number of hydrogen-bond donors (Lipinski definition) is 0. The summed E-state index contributed by atoms with van der Waals surface area (Å²) in [5, 5.41) is 0. The smallest absolute Gasteiger partial charge is 0.0629 e. The van der Waals surface area contributed by atoms with Gasteiger partial charge in [0.2, 0.25) is 0 Å². The van der Waals surface area contributed by atoms with Gasteiger partial charge in [-0.15, -0.1) is 0 Å². The van der Waals surface area contributed by atoms with Crippen molar-refractivity contribution in [2.75, 3.05) is 19.6 Å². The lowest BCUT2D eigenvalue weighted by Crippen LogP contribution is -2.41. The molecule has 1 heterocycles. The number of hydrogen-bond acceptors (Lipinski definition) is 2. The van der Waals surface area contributed by atoms with Crippen LogP contribution in [0.5, 0.6) is 0 Å². The summed E-state index contributed by atoms with van der Waals surface area (Å²) in [7, 11) is 0. The van der Waals surface area contributed by atoms with Crippen LogP contribution >= 0.6 is 0 Å². The molecular formula is C23H30N2. The van der Waals surface area contributed by atoms with Crippen molar-refractivity contribution in [1.29, 1.82) is 0 Å². The standard InChI is InChI=1S/C23H30N2/c1-2-3-12-21-19-25(17-15-20-10-6-4-7-11-20)18-16-23(21)24-22-13-8-5-9-14-22/h4-11,13-14,21H,2-3,12,15-19H2,1H3. The van der Waals surface area contributed by atoms with Crippen LogP contribution in [-0.2, 0) is 6.42 Å². The van der Waals surface area contributed by atoms with E-state index in [9.17, 15) is 0 Å². The molecule has 25 heavy (non-hydrogen) atoms. The van der Waals surface area contributed by atoms with Gasteiger partial charge in [-0.2, -0.15) is 0 Å². The Morgan fingerprint density at radius 1 is 1.00 bits per heavy atom. The average Bonchev–Trinajstić information content (AvgIpc) is 2.67. The molecule has 1 aliphatic rings. The number of unbranched alkanes of at least 4 members (excludes halogenated alkanes) is 1. The molecule has 2 aromatic carbocycles. The highest BCUT2D eigenvalue weighted by atomic mass is 15.1. The number of para-hydroxylation sites is 1. The fraction of sp³-hybridized carbons (Fsp3) is 0.435. The average molecular weight is 335 g/mol. The van der Waals surface area contributed by atoms with Crippen molar-refractivity contribution in [3.63, 3.8) is 0 Å². The van der Waals surface area contributed by atoms with Gasteiger partial charge in [0.1, 0.15) is 0 Å². The topological polar surface area (TPSA) is 15.6 Å². The molecule has 0 bridgehead atoms. The third kappa shape index (κ3) is 5.54. The van der Waals surface area contributed by atoms with E-state index in [1.807, 2.05) is 0 Å². The summed E-state index contributed by atoms with van der Waals surface area (Å²) in [6, 6.07) is 21.3. The maximum atomic E-state index is 5.00. The summed E-state index contributed by atoms with van der Waals surface area (Å²) < 4.78 is 0. The molecule has 2 aromatic rings. The van der Waals surface area contributed by atoms with Crippen molar-refractivity contribution >= 4 is 11.4 Å². The molecule has 0 saturated carbocycles. The van der Waals surface area contributed by atoms with E-state index in [2.05, 4.69) is 72.5 Å². The Labute approximate surface area is 152 Å². The molecule has 1 unspecified atom stereocenters. The second kappa shape index (κ2) is 9.53. The molecule has 0 amide bonds. The van der Waals surface area contributed by atoms with Crippen LogP contribution in [0.1, 0.15) is 38.2 Å². The third-order valence-electron chi connectivity index (χ3n) is 5.13. The van der Waals surface area contributed by atoms with Gasteiger partial charge in [-0.3, -0.25) is 4.99 Å². The van der Waals surface area contributed by atoms with Gasteiger partial charge in [0.25, 0.3) is 0 Å². The first-order valence-electron chi connectivity index (χ1n) is 9.74. The van der Waals surface area contributed by atoms with E-state index in [1.54, 1.807) is 0 Å². The molecule has 1 fully saturated rings. The van der Waals surface area contributed by atoms with Crippen LogP contribution < -0.4 is 0 Å². The summed E-state index contributed by atoms with van der Waals surface area (Å²) in [4.78, 5) is 7.63. The zero-order valence-electron chi connectivity index (χ0n) is 15.4. The van der Waals surface area contributed by atoms with Gasteiger partial charge < -0.3 is 4.90 Å². The Balaban J connectivity index is 1.62. The van der Waals surface area contributed by atoms with Crippen LogP contribution in [0.2, 0.25) is 0 Å². The lowest BCUT2D eigenvalue weighted by Gasteiger charge is -2.34. The van der Waals surface area contributed by atoms with Crippen LogP contribution in [0.4, 0.5) is 5.69 Å². The van der Waals surface area contributed by atoms with Crippen LogP contribution in [0, 0.1) is 5.92 Å². The zero-order valence-corrected chi connectivity index (χ0v) is 15.4. The predicted molar refractivity (Wildman–Crippen MR) is 108 cm³/mol. The molecule has 0 radical (unpaired) electrons. The van der Waals surface area contributed by atoms with E-state index in [0.717, 1.165) is 31.6 Å². The molecule has 3 rings (SSSR count). The van der Waals surface area contributed by atoms with E-state index in [0.29, 0.717) is 5.92 Å². The van der Waals surface area contributed by atoms with Crippen LogP contribution in [-0.4, -0.2) is 30.2 Å². The molecule has 0 aliphatic carbocycles. The number of benzene rings is 2. The van der Waals surface area contributed by atoms with Crippen molar-refractivity contribution in [3.05, 3.63) is 66.2 Å². The Bertz CT molecular complexity index is 648. The summed E-state index contributed by atoms with van der Waals surface area (Å²) in [5.41, 5.74) is 3.96. The summed E-state index contributed by atoms with van der Waals surface area (Å²) in [5.74, 6) is 0.615. The molecule has 1 aliphatic heterocycles. The van der Waals surface area contributed by atoms with Crippen LogP contribution in [0.25, 0.3) is 0 Å². The minimum Gasteiger partial charge on any atom is -0.302 e. The maximum Gasteiger partial charge on any atom is 0.0629 e. The summed E-state index contributed by atoms with van der Waals surface area (Å²) in [6.45, 7) is 5.74. The van der Waals surface area contributed by atoms with Gasteiger partial charge in [-0.25, -0.2) is 0 Å². The quantitative estimate of drug-likeness (QED) is 0.651. The van der Waals surface area contributed by atoms with Crippen LogP contribution in [0.3, 0.4) is 0 Å². The lowest BCUT2D eigenvalue weighted by atomic mass is 9.90. The van der Waals surface area contributed by atoms with Gasteiger partial charge in [0.05, 0.1) is 5.69 Å². The first kappa shape index (κ1) is 17.9. The molecule has 0 spiro atoms. The largest absolute Gasteiger partial charge is 0.302 e. The molecule has 0 N–H and O–H groups in total. The Kier molecular flexibility index (Phi) is 6.81. The number of likely N-dealkylation sites (tertiary alicyclic amines) is 1. The molecule has 1 atom stereocenters. The van der Waals surface area contributed by atoms with Crippen molar-refractivity contribution < 1.29 is 0 Å². The van der Waals surface area contributed by atoms with Gasteiger partial charge >= 0.3 is 0 Å². The summed E-state index contributed by atoms with van der Waals surface area (Å²) >= 11 is 0. The van der Waals surface area contributed by atoms with Crippen molar-refractivity contribution in [1.82, 2.24) is 4.90 Å². The summed E-state index contributed by atoms with van der Waals surface area (Å²) in [6.07, 6.45) is 6.08. The SMILES string of the molecule is CCCCC1CN(CCc2ccccc2)CCC1=Nc1ccccc1. The van der Waals surface area contributed by atoms with E-state index in [-0.39, 0.29) is 0 Å². The molecule has 2 nitrogen and oxygen atoms in total. The highest BCUT2D eigenvalue weighted by molar-refractivity contribution is 5.90. The molecule has 132 valence electrons. The monoisotopic (exact) mass is 334 g/mol. The van der Waals surface area contributed by atoms with E-state index < -0.39 is 0 Å². The zero-order chi connectivity index (χ0) is 17.3. The van der Waals surface area contributed by atoms with Gasteiger partial charge in [-0.05, 0) is 37.0 Å². The second-order valence-electron chi connectivity index (χ2n) is 7.06. The van der Waals surface area contributed by atoms with Gasteiger partial charge in [0.15, 0.2) is 0 Å². The van der Waals surface area contributed by atoms with Crippen molar-refractivity contribution in [3.8, 4) is 0 Å². The molecule has 0 aromatic heterocycles. The van der Waals surface area contributed by atoms with E-state index in [1.165, 1.54) is 37.1 Å². The van der Waals surface area contributed by atoms with Gasteiger partial charge in [-0.1, -0.05) is 68.3 Å². The fourth-order valence-electron chi connectivity index (χ4n) is 3.64. The van der Waals surface area contributed by atoms with Crippen LogP contribution in [0.15, 0.2) is 65.7 Å². The number of rotatable bonds is 7. The van der Waals surface area contributed by atoms with Crippen molar-refractivity contribution in [2.45, 2.75) is 39.0 Å². The fourth-order valence-corrected chi connectivity index (χ4v) is 3.64. The Morgan fingerprint density at radius 3 is 2.44 bits per heavy atom. The first-order valence-corrected chi connectivity index (χ1v) is 9.74. The number of nitrogens with zero attached hydrogens (tertiary/aromatic N) is 2. The molecule has 2 heteroatoms. The second-order valence-corrected chi connectivity index (χ2v) is 7.06. The predicted octanol–water partition coefficient (Wildman–Crippen LogP) is 5.51. The van der Waals surface area contributed by atoms with E-state index in [4.69, 9.17) is 4.99 Å². The van der Waals surface area contributed by atoms with Gasteiger partial charge in [0, 0.05) is 31.3 Å². The third-order valence-corrected chi connectivity index (χ3v) is 5.13. The normalized spacial score (nSPS) is 20.0. The van der Waals surface area contributed by atoms with E-state index >= 15 is 0 Å². The van der Waals surface area contributed by atoms with Crippen molar-refractivity contribution in [2.24, 2.45) is 10.9 Å². The maximum absolute atomic E-state index is 5.00. The first-order chi connectivity index (χ1) is 12.3. The Morgan fingerprint density at radius 2 is 1.72 bits per heavy atom. The minimum atomic E-state index is 0.615. The number of piperidine rings is 1. The number of aliphatic imine (C=N–C) groups is 1. The Hall–Kier alpha value is -1.93. The molecule has 1 saturated heterocycles. The highest BCUT2D eigenvalue weighted by Gasteiger charge is 2.24. The lowest BCUT2D eigenvalue weighted by molar-refractivity contribution is 0.236. The minimum absolute atomic E-state index is 0.615.